The van der Waals surface area contributed by atoms with Crippen molar-refractivity contribution >= 4 is 21.7 Å². The monoisotopic (exact) mass is 280 g/mol. The van der Waals surface area contributed by atoms with Crippen LogP contribution < -0.4 is 5.32 Å². The normalized spacial score (nSPS) is 10.4. The second kappa shape index (κ2) is 4.65. The smallest absolute Gasteiger partial charge is 0.140 e. The SMILES string of the molecule is Cc1c(CNc2ncccc2Br)cnn1C. The number of rotatable bonds is 3. The zero-order chi connectivity index (χ0) is 11.5. The molecule has 0 aliphatic carbocycles. The minimum Gasteiger partial charge on any atom is -0.365 e. The second-order valence-corrected chi connectivity index (χ2v) is 4.42. The summed E-state index contributed by atoms with van der Waals surface area (Å²) in [6, 6.07) is 3.86. The fourth-order valence-corrected chi connectivity index (χ4v) is 1.81. The molecule has 0 aliphatic rings. The van der Waals surface area contributed by atoms with Crippen LogP contribution in [0.2, 0.25) is 0 Å². The van der Waals surface area contributed by atoms with E-state index < -0.39 is 0 Å². The highest BCUT2D eigenvalue weighted by atomic mass is 79.9. The highest BCUT2D eigenvalue weighted by molar-refractivity contribution is 9.10. The fourth-order valence-electron chi connectivity index (χ4n) is 1.41. The van der Waals surface area contributed by atoms with Crippen LogP contribution in [-0.2, 0) is 13.6 Å². The zero-order valence-electron chi connectivity index (χ0n) is 9.24. The van der Waals surface area contributed by atoms with E-state index in [1.165, 1.54) is 11.3 Å². The summed E-state index contributed by atoms with van der Waals surface area (Å²) in [5.41, 5.74) is 2.35. The van der Waals surface area contributed by atoms with Crippen LogP contribution in [0.25, 0.3) is 0 Å². The van der Waals surface area contributed by atoms with Crippen molar-refractivity contribution in [3.05, 3.63) is 40.3 Å². The molecule has 0 radical (unpaired) electrons. The Kier molecular flexibility index (Phi) is 3.24. The van der Waals surface area contributed by atoms with Crippen LogP contribution in [0.1, 0.15) is 11.3 Å². The second-order valence-electron chi connectivity index (χ2n) is 3.57. The van der Waals surface area contributed by atoms with Gasteiger partial charge in [-0.25, -0.2) is 4.98 Å². The average molecular weight is 281 g/mol. The molecule has 0 saturated heterocycles. The minimum absolute atomic E-state index is 0.731. The molecular weight excluding hydrogens is 268 g/mol. The van der Waals surface area contributed by atoms with Crippen LogP contribution in [0.15, 0.2) is 29.0 Å². The average Bonchev–Trinajstić information content (AvgIpc) is 2.59. The molecule has 16 heavy (non-hydrogen) atoms. The first-order valence-electron chi connectivity index (χ1n) is 5.00. The first kappa shape index (κ1) is 11.1. The third-order valence-electron chi connectivity index (χ3n) is 2.54. The van der Waals surface area contributed by atoms with Crippen molar-refractivity contribution in [2.75, 3.05) is 5.32 Å². The summed E-state index contributed by atoms with van der Waals surface area (Å²) in [6.07, 6.45) is 3.64. The van der Waals surface area contributed by atoms with Crippen LogP contribution in [0.5, 0.6) is 0 Å². The van der Waals surface area contributed by atoms with Gasteiger partial charge >= 0.3 is 0 Å². The molecule has 5 heteroatoms. The third kappa shape index (κ3) is 2.24. The summed E-state index contributed by atoms with van der Waals surface area (Å²) in [5, 5.41) is 7.47. The minimum atomic E-state index is 0.731. The number of anilines is 1. The number of hydrogen-bond acceptors (Lipinski definition) is 3. The lowest BCUT2D eigenvalue weighted by Crippen LogP contribution is -2.03. The van der Waals surface area contributed by atoms with E-state index in [0.717, 1.165) is 16.8 Å². The molecule has 1 N–H and O–H groups in total. The van der Waals surface area contributed by atoms with Gasteiger partial charge in [0, 0.05) is 31.0 Å². The van der Waals surface area contributed by atoms with E-state index >= 15 is 0 Å². The third-order valence-corrected chi connectivity index (χ3v) is 3.18. The molecule has 0 aromatic carbocycles. The van der Waals surface area contributed by atoms with Crippen LogP contribution >= 0.6 is 15.9 Å². The topological polar surface area (TPSA) is 42.7 Å². The number of nitrogens with zero attached hydrogens (tertiary/aromatic N) is 3. The maximum Gasteiger partial charge on any atom is 0.140 e. The first-order chi connectivity index (χ1) is 7.68. The van der Waals surface area contributed by atoms with Gasteiger partial charge in [-0.15, -0.1) is 0 Å². The molecule has 2 aromatic heterocycles. The van der Waals surface area contributed by atoms with Gasteiger partial charge in [0.2, 0.25) is 0 Å². The van der Waals surface area contributed by atoms with E-state index in [2.05, 4.69) is 38.3 Å². The number of pyridine rings is 1. The Balaban J connectivity index is 2.08. The Bertz CT molecular complexity index is 492. The number of hydrogen-bond donors (Lipinski definition) is 1. The van der Waals surface area contributed by atoms with E-state index in [0.29, 0.717) is 0 Å². The Morgan fingerprint density at radius 3 is 2.94 bits per heavy atom. The molecule has 0 unspecified atom stereocenters. The highest BCUT2D eigenvalue weighted by Gasteiger charge is 2.04. The van der Waals surface area contributed by atoms with Crippen LogP contribution in [-0.4, -0.2) is 14.8 Å². The molecule has 0 fully saturated rings. The van der Waals surface area contributed by atoms with Crippen molar-refractivity contribution in [1.29, 1.82) is 0 Å². The first-order valence-corrected chi connectivity index (χ1v) is 5.79. The van der Waals surface area contributed by atoms with Crippen molar-refractivity contribution in [1.82, 2.24) is 14.8 Å². The predicted molar refractivity (Wildman–Crippen MR) is 67.2 cm³/mol. The van der Waals surface area contributed by atoms with Gasteiger partial charge in [0.15, 0.2) is 0 Å². The lowest BCUT2D eigenvalue weighted by Gasteiger charge is -2.06. The largest absolute Gasteiger partial charge is 0.365 e. The molecule has 2 heterocycles. The molecule has 2 rings (SSSR count). The Morgan fingerprint density at radius 1 is 1.50 bits per heavy atom. The summed E-state index contributed by atoms with van der Waals surface area (Å²) in [6.45, 7) is 2.78. The molecule has 0 amide bonds. The summed E-state index contributed by atoms with van der Waals surface area (Å²) in [7, 11) is 1.94. The van der Waals surface area contributed by atoms with Crippen LogP contribution in [0.4, 0.5) is 5.82 Å². The summed E-state index contributed by atoms with van der Waals surface area (Å²) >= 11 is 3.45. The highest BCUT2D eigenvalue weighted by Crippen LogP contribution is 2.19. The standard InChI is InChI=1S/C11H13BrN4/c1-8-9(7-15-16(8)2)6-14-11-10(12)4-3-5-13-11/h3-5,7H,6H2,1-2H3,(H,13,14). The summed E-state index contributed by atoms with van der Waals surface area (Å²) in [4.78, 5) is 4.24. The fraction of sp³-hybridized carbons (Fsp3) is 0.273. The van der Waals surface area contributed by atoms with E-state index in [1.54, 1.807) is 6.20 Å². The van der Waals surface area contributed by atoms with Gasteiger partial charge in [-0.05, 0) is 35.0 Å². The molecule has 2 aromatic rings. The lowest BCUT2D eigenvalue weighted by molar-refractivity contribution is 0.738. The van der Waals surface area contributed by atoms with E-state index in [-0.39, 0.29) is 0 Å². The predicted octanol–water partition coefficient (Wildman–Crippen LogP) is 2.50. The van der Waals surface area contributed by atoms with Crippen molar-refractivity contribution in [2.24, 2.45) is 7.05 Å². The van der Waals surface area contributed by atoms with Crippen molar-refractivity contribution in [2.45, 2.75) is 13.5 Å². The quantitative estimate of drug-likeness (QED) is 0.940. The molecule has 0 saturated carbocycles. The summed E-state index contributed by atoms with van der Waals surface area (Å²) < 4.78 is 2.83. The lowest BCUT2D eigenvalue weighted by atomic mass is 10.2. The molecule has 0 atom stereocenters. The number of aromatic nitrogens is 3. The molecular formula is C11H13BrN4. The van der Waals surface area contributed by atoms with Crippen molar-refractivity contribution < 1.29 is 0 Å². The van der Waals surface area contributed by atoms with Gasteiger partial charge in [-0.1, -0.05) is 0 Å². The molecule has 0 bridgehead atoms. The molecule has 0 aliphatic heterocycles. The Morgan fingerprint density at radius 2 is 2.31 bits per heavy atom. The van der Waals surface area contributed by atoms with Crippen LogP contribution in [0, 0.1) is 6.92 Å². The van der Waals surface area contributed by atoms with Crippen molar-refractivity contribution in [3.8, 4) is 0 Å². The molecule has 4 nitrogen and oxygen atoms in total. The molecule has 0 spiro atoms. The Hall–Kier alpha value is -1.36. The van der Waals surface area contributed by atoms with Crippen LogP contribution in [0.3, 0.4) is 0 Å². The van der Waals surface area contributed by atoms with E-state index in [9.17, 15) is 0 Å². The zero-order valence-corrected chi connectivity index (χ0v) is 10.8. The van der Waals surface area contributed by atoms with Gasteiger partial charge in [-0.3, -0.25) is 4.68 Å². The van der Waals surface area contributed by atoms with Gasteiger partial charge in [0.1, 0.15) is 5.82 Å². The van der Waals surface area contributed by atoms with Gasteiger partial charge in [-0.2, -0.15) is 5.10 Å². The maximum atomic E-state index is 4.24. The summed E-state index contributed by atoms with van der Waals surface area (Å²) in [5.74, 6) is 0.853. The van der Waals surface area contributed by atoms with Gasteiger partial charge in [0.25, 0.3) is 0 Å². The molecule has 84 valence electrons. The van der Waals surface area contributed by atoms with E-state index in [4.69, 9.17) is 0 Å². The number of halogens is 1. The van der Waals surface area contributed by atoms with Crippen molar-refractivity contribution in [3.63, 3.8) is 0 Å². The van der Waals surface area contributed by atoms with E-state index in [1.807, 2.05) is 30.1 Å². The van der Waals surface area contributed by atoms with Gasteiger partial charge < -0.3 is 5.32 Å². The maximum absolute atomic E-state index is 4.24. The van der Waals surface area contributed by atoms with Gasteiger partial charge in [0.05, 0.1) is 10.7 Å². The number of nitrogens with one attached hydrogen (secondary N) is 1. The number of aryl methyl sites for hydroxylation is 1. The Labute approximate surface area is 103 Å².